The van der Waals surface area contributed by atoms with Crippen LogP contribution in [0.2, 0.25) is 0 Å². The Bertz CT molecular complexity index is 981. The van der Waals surface area contributed by atoms with Gasteiger partial charge in [-0.2, -0.15) is 10.2 Å². The molecular weight excluding hydrogens is 374 g/mol. The molecule has 1 aromatic heterocycles. The van der Waals surface area contributed by atoms with E-state index in [4.69, 9.17) is 5.73 Å². The predicted molar refractivity (Wildman–Crippen MR) is 109 cm³/mol. The lowest BCUT2D eigenvalue weighted by Crippen LogP contribution is -2.14. The van der Waals surface area contributed by atoms with E-state index in [-0.39, 0.29) is 11.7 Å². The number of anilines is 2. The Morgan fingerprint density at radius 2 is 1.75 bits per heavy atom. The highest BCUT2D eigenvalue weighted by Crippen LogP contribution is 2.39. The Kier molecular flexibility index (Phi) is 5.34. The van der Waals surface area contributed by atoms with Gasteiger partial charge in [-0.05, 0) is 49.2 Å². The molecule has 1 heterocycles. The molecule has 3 N–H and O–H groups in total. The van der Waals surface area contributed by atoms with Crippen molar-refractivity contribution in [1.82, 2.24) is 14.8 Å². The maximum atomic E-state index is 12.2. The molecule has 1 amide bonds. The maximum Gasteiger partial charge on any atom is 0.234 e. The van der Waals surface area contributed by atoms with Crippen molar-refractivity contribution in [3.63, 3.8) is 0 Å². The van der Waals surface area contributed by atoms with Crippen molar-refractivity contribution >= 4 is 40.7 Å². The summed E-state index contributed by atoms with van der Waals surface area (Å²) >= 11 is 1.34. The van der Waals surface area contributed by atoms with E-state index >= 15 is 0 Å². The van der Waals surface area contributed by atoms with E-state index in [1.54, 1.807) is 24.3 Å². The number of hydrogen-bond donors (Lipinski definition) is 2. The van der Waals surface area contributed by atoms with Gasteiger partial charge in [0, 0.05) is 11.7 Å². The van der Waals surface area contributed by atoms with E-state index in [9.17, 15) is 4.79 Å². The van der Waals surface area contributed by atoms with Crippen LogP contribution in [-0.2, 0) is 4.79 Å². The summed E-state index contributed by atoms with van der Waals surface area (Å²) in [6.45, 7) is 0. The quantitative estimate of drug-likeness (QED) is 0.458. The third-order valence-electron chi connectivity index (χ3n) is 4.12. The van der Waals surface area contributed by atoms with Crippen LogP contribution in [-0.4, -0.2) is 26.4 Å². The minimum atomic E-state index is -0.118. The topological polar surface area (TPSA) is 111 Å². The van der Waals surface area contributed by atoms with Gasteiger partial charge in [-0.3, -0.25) is 9.36 Å². The highest BCUT2D eigenvalue weighted by atomic mass is 32.2. The van der Waals surface area contributed by atoms with Crippen molar-refractivity contribution in [2.75, 3.05) is 16.8 Å². The van der Waals surface area contributed by atoms with Crippen LogP contribution in [0.4, 0.5) is 23.0 Å². The summed E-state index contributed by atoms with van der Waals surface area (Å²) in [6.07, 6.45) is 2.16. The first-order chi connectivity index (χ1) is 13.7. The summed E-state index contributed by atoms with van der Waals surface area (Å²) in [4.78, 5) is 12.2. The number of amides is 1. The van der Waals surface area contributed by atoms with Gasteiger partial charge in [0.1, 0.15) is 0 Å². The fraction of sp³-hybridized carbons (Fsp3) is 0.211. The molecule has 1 aliphatic carbocycles. The number of aromatic nitrogens is 3. The van der Waals surface area contributed by atoms with Crippen LogP contribution >= 0.6 is 11.8 Å². The number of carbonyl (C=O) groups excluding carboxylic acids is 1. The zero-order valence-electron chi connectivity index (χ0n) is 15.0. The van der Waals surface area contributed by atoms with Crippen LogP contribution in [0.15, 0.2) is 70.0 Å². The lowest BCUT2D eigenvalue weighted by molar-refractivity contribution is -0.113. The Labute approximate surface area is 166 Å². The molecular formula is C19H19N7OS. The average molecular weight is 393 g/mol. The third-order valence-corrected chi connectivity index (χ3v) is 5.07. The number of thioether (sulfide) groups is 1. The van der Waals surface area contributed by atoms with Crippen molar-refractivity contribution in [2.45, 2.75) is 24.0 Å². The number of carbonyl (C=O) groups is 1. The number of nitrogens with two attached hydrogens (primary N) is 1. The molecule has 2 aromatic carbocycles. The highest BCUT2D eigenvalue weighted by Gasteiger charge is 2.29. The smallest absolute Gasteiger partial charge is 0.234 e. The van der Waals surface area contributed by atoms with Crippen molar-refractivity contribution in [3.8, 4) is 0 Å². The van der Waals surface area contributed by atoms with Gasteiger partial charge < -0.3 is 11.1 Å². The monoisotopic (exact) mass is 393 g/mol. The second-order valence-electron chi connectivity index (χ2n) is 6.36. The number of nitrogens with one attached hydrogen (secondary N) is 1. The van der Waals surface area contributed by atoms with Gasteiger partial charge in [-0.25, -0.2) is 0 Å². The normalized spacial score (nSPS) is 13.7. The van der Waals surface area contributed by atoms with E-state index in [0.717, 1.165) is 18.5 Å². The van der Waals surface area contributed by atoms with Crippen molar-refractivity contribution in [3.05, 3.63) is 54.6 Å². The first kappa shape index (κ1) is 18.2. The first-order valence-electron chi connectivity index (χ1n) is 8.89. The molecule has 9 heteroatoms. The Balaban J connectivity index is 1.30. The number of benzene rings is 2. The summed E-state index contributed by atoms with van der Waals surface area (Å²) < 4.78 is 1.91. The number of rotatable bonds is 7. The number of nitrogens with zero attached hydrogens (tertiary/aromatic N) is 5. The third kappa shape index (κ3) is 4.55. The second-order valence-corrected chi connectivity index (χ2v) is 7.30. The molecule has 1 fully saturated rings. The van der Waals surface area contributed by atoms with Gasteiger partial charge >= 0.3 is 0 Å². The van der Waals surface area contributed by atoms with Crippen LogP contribution < -0.4 is 11.1 Å². The molecule has 28 heavy (non-hydrogen) atoms. The molecule has 0 radical (unpaired) electrons. The van der Waals surface area contributed by atoms with E-state index in [2.05, 4.69) is 25.7 Å². The lowest BCUT2D eigenvalue weighted by atomic mass is 10.3. The zero-order chi connectivity index (χ0) is 19.3. The standard InChI is InChI=1S/C19H19N7OS/c20-18-24-25-19(26(18)16-10-11-16)28-12-17(27)21-13-6-8-15(9-7-13)23-22-14-4-2-1-3-5-14/h1-9,16H,10-12H2,(H2,20,24)(H,21,27). The molecule has 0 aliphatic heterocycles. The highest BCUT2D eigenvalue weighted by molar-refractivity contribution is 7.99. The van der Waals surface area contributed by atoms with Gasteiger partial charge in [0.25, 0.3) is 0 Å². The number of azo groups is 1. The second kappa shape index (κ2) is 8.22. The SMILES string of the molecule is Nc1nnc(SCC(=O)Nc2ccc(N=Nc3ccccc3)cc2)n1C1CC1. The molecule has 0 atom stereocenters. The summed E-state index contributed by atoms with van der Waals surface area (Å²) in [7, 11) is 0. The average Bonchev–Trinajstić information content (AvgIpc) is 3.49. The van der Waals surface area contributed by atoms with E-state index < -0.39 is 0 Å². The minimum absolute atomic E-state index is 0.118. The van der Waals surface area contributed by atoms with Crippen LogP contribution in [0.3, 0.4) is 0 Å². The lowest BCUT2D eigenvalue weighted by Gasteiger charge is -2.07. The van der Waals surface area contributed by atoms with Crippen LogP contribution in [0.1, 0.15) is 18.9 Å². The van der Waals surface area contributed by atoms with Gasteiger partial charge in [0.15, 0.2) is 5.16 Å². The van der Waals surface area contributed by atoms with E-state index in [0.29, 0.717) is 28.5 Å². The van der Waals surface area contributed by atoms with Gasteiger partial charge in [-0.1, -0.05) is 30.0 Å². The first-order valence-corrected chi connectivity index (χ1v) is 9.87. The molecule has 0 spiro atoms. The molecule has 0 saturated heterocycles. The molecule has 0 bridgehead atoms. The maximum absolute atomic E-state index is 12.2. The molecule has 4 rings (SSSR count). The minimum Gasteiger partial charge on any atom is -0.368 e. The van der Waals surface area contributed by atoms with E-state index in [1.165, 1.54) is 11.8 Å². The summed E-state index contributed by atoms with van der Waals surface area (Å²) in [5.41, 5.74) is 8.05. The molecule has 142 valence electrons. The fourth-order valence-electron chi connectivity index (χ4n) is 2.61. The molecule has 0 unspecified atom stereocenters. The molecule has 3 aromatic rings. The van der Waals surface area contributed by atoms with Gasteiger partial charge in [-0.15, -0.1) is 10.2 Å². The van der Waals surface area contributed by atoms with Crippen LogP contribution in [0, 0.1) is 0 Å². The van der Waals surface area contributed by atoms with Crippen molar-refractivity contribution in [1.29, 1.82) is 0 Å². The molecule has 1 saturated carbocycles. The molecule has 8 nitrogen and oxygen atoms in total. The predicted octanol–water partition coefficient (Wildman–Crippen LogP) is 4.34. The zero-order valence-corrected chi connectivity index (χ0v) is 15.8. The van der Waals surface area contributed by atoms with E-state index in [1.807, 2.05) is 34.9 Å². The number of hydrogen-bond acceptors (Lipinski definition) is 7. The number of nitrogen functional groups attached to an aromatic ring is 1. The van der Waals surface area contributed by atoms with Crippen molar-refractivity contribution < 1.29 is 4.79 Å². The largest absolute Gasteiger partial charge is 0.368 e. The Morgan fingerprint density at radius 3 is 2.43 bits per heavy atom. The Morgan fingerprint density at radius 1 is 1.07 bits per heavy atom. The van der Waals surface area contributed by atoms with Crippen LogP contribution in [0.25, 0.3) is 0 Å². The van der Waals surface area contributed by atoms with Gasteiger partial charge in [0.2, 0.25) is 11.9 Å². The van der Waals surface area contributed by atoms with Crippen molar-refractivity contribution in [2.24, 2.45) is 10.2 Å². The Hall–Kier alpha value is -3.20. The van der Waals surface area contributed by atoms with Gasteiger partial charge in [0.05, 0.1) is 17.1 Å². The fourth-order valence-corrected chi connectivity index (χ4v) is 3.42. The molecule has 1 aliphatic rings. The summed E-state index contributed by atoms with van der Waals surface area (Å²) in [6, 6.07) is 17.1. The van der Waals surface area contributed by atoms with Crippen LogP contribution in [0.5, 0.6) is 0 Å². The summed E-state index contributed by atoms with van der Waals surface area (Å²) in [5.74, 6) is 0.526. The summed E-state index contributed by atoms with van der Waals surface area (Å²) in [5, 5.41) is 19.9.